The van der Waals surface area contributed by atoms with Crippen molar-refractivity contribution < 1.29 is 35.2 Å². The molecule has 0 aliphatic rings. The molecule has 1 nitrogen and oxygen atoms in total. The monoisotopic (exact) mass is 185 g/mol. The van der Waals surface area contributed by atoms with E-state index < -0.39 is 25.5 Å². The highest BCUT2D eigenvalue weighted by Crippen LogP contribution is 2.39. The van der Waals surface area contributed by atoms with Crippen molar-refractivity contribution in [1.82, 2.24) is 0 Å². The van der Waals surface area contributed by atoms with Gasteiger partial charge in [0.25, 0.3) is 0 Å². The standard InChI is InChI=1S/C4H4F6O/c1-11-4(9,10)3(7,8)2(5)6/h2H,1H3/i1D3. The van der Waals surface area contributed by atoms with Crippen LogP contribution in [0, 0.1) is 0 Å². The molecule has 0 unspecified atom stereocenters. The van der Waals surface area contributed by atoms with Crippen LogP contribution in [0.1, 0.15) is 4.11 Å². The van der Waals surface area contributed by atoms with Gasteiger partial charge in [-0.05, 0) is 0 Å². The summed E-state index contributed by atoms with van der Waals surface area (Å²) in [4.78, 5) is 0. The first-order valence-electron chi connectivity index (χ1n) is 3.64. The molecule has 0 atom stereocenters. The van der Waals surface area contributed by atoms with Crippen molar-refractivity contribution in [2.24, 2.45) is 0 Å². The van der Waals surface area contributed by atoms with E-state index in [4.69, 9.17) is 4.11 Å². The maximum atomic E-state index is 12.1. The van der Waals surface area contributed by atoms with Gasteiger partial charge in [-0.1, -0.05) is 0 Å². The largest absolute Gasteiger partial charge is 0.425 e. The van der Waals surface area contributed by atoms with Crippen LogP contribution in [0.25, 0.3) is 0 Å². The van der Waals surface area contributed by atoms with Gasteiger partial charge in [-0.25, -0.2) is 8.78 Å². The maximum Gasteiger partial charge on any atom is 0.425 e. The summed E-state index contributed by atoms with van der Waals surface area (Å²) in [6.45, 7) is 0. The van der Waals surface area contributed by atoms with Crippen molar-refractivity contribution in [2.75, 3.05) is 7.04 Å². The van der Waals surface area contributed by atoms with E-state index in [1.165, 1.54) is 0 Å². The minimum absolute atomic E-state index is 2.59. The second-order valence-electron chi connectivity index (χ2n) is 1.54. The molecule has 0 spiro atoms. The van der Waals surface area contributed by atoms with Crippen LogP contribution in [-0.4, -0.2) is 25.5 Å². The lowest BCUT2D eigenvalue weighted by Crippen LogP contribution is -2.47. The smallest absolute Gasteiger partial charge is 0.319 e. The molecule has 11 heavy (non-hydrogen) atoms. The number of alkyl halides is 6. The first-order chi connectivity index (χ1) is 5.90. The topological polar surface area (TPSA) is 9.23 Å². The minimum atomic E-state index is -5.85. The van der Waals surface area contributed by atoms with Gasteiger partial charge in [0.1, 0.15) is 0 Å². The van der Waals surface area contributed by atoms with Gasteiger partial charge >= 0.3 is 18.5 Å². The van der Waals surface area contributed by atoms with Crippen LogP contribution in [0.3, 0.4) is 0 Å². The highest BCUT2D eigenvalue weighted by molar-refractivity contribution is 4.78. The number of halogens is 6. The van der Waals surface area contributed by atoms with E-state index in [1.54, 1.807) is 0 Å². The zero-order chi connectivity index (χ0) is 11.8. The molecule has 0 bridgehead atoms. The van der Waals surface area contributed by atoms with Crippen molar-refractivity contribution >= 4 is 0 Å². The Hall–Kier alpha value is -0.460. The molecule has 0 heterocycles. The SMILES string of the molecule is [2H]C([2H])([2H])OC(F)(F)C(F)(F)C(F)F. The molecular formula is C4H4F6O. The van der Waals surface area contributed by atoms with E-state index in [9.17, 15) is 26.3 Å². The Morgan fingerprint density at radius 2 is 1.73 bits per heavy atom. The molecule has 0 radical (unpaired) electrons. The quantitative estimate of drug-likeness (QED) is 0.612. The Kier molecular flexibility index (Phi) is 1.60. The van der Waals surface area contributed by atoms with E-state index in [0.717, 1.165) is 0 Å². The molecule has 0 amide bonds. The van der Waals surface area contributed by atoms with Gasteiger partial charge in [-0.15, -0.1) is 0 Å². The Balaban J connectivity index is 4.78. The van der Waals surface area contributed by atoms with Crippen LogP contribution in [-0.2, 0) is 4.74 Å². The van der Waals surface area contributed by atoms with Crippen molar-refractivity contribution in [3.8, 4) is 0 Å². The zero-order valence-corrected chi connectivity index (χ0v) is 4.75. The van der Waals surface area contributed by atoms with Crippen molar-refractivity contribution in [1.29, 1.82) is 0 Å². The summed E-state index contributed by atoms with van der Waals surface area (Å²) in [5.74, 6) is -5.85. The lowest BCUT2D eigenvalue weighted by atomic mass is 10.3. The molecule has 0 aromatic heterocycles. The Bertz CT molecular complexity index is 202. The number of methoxy groups -OCH3 is 1. The fourth-order valence-electron chi connectivity index (χ4n) is 0.195. The zero-order valence-electron chi connectivity index (χ0n) is 7.75. The normalized spacial score (nSPS) is 19.4. The lowest BCUT2D eigenvalue weighted by Gasteiger charge is -2.23. The van der Waals surface area contributed by atoms with Gasteiger partial charge in [0.15, 0.2) is 0 Å². The van der Waals surface area contributed by atoms with Crippen LogP contribution in [0.2, 0.25) is 0 Å². The third kappa shape index (κ3) is 1.76. The Morgan fingerprint density at radius 1 is 1.27 bits per heavy atom. The Morgan fingerprint density at radius 3 is 2.00 bits per heavy atom. The average Bonchev–Trinajstić information content (AvgIpc) is 1.80. The molecule has 0 fully saturated rings. The van der Waals surface area contributed by atoms with Crippen molar-refractivity contribution in [2.45, 2.75) is 18.5 Å². The molecule has 0 N–H and O–H groups in total. The first-order valence-corrected chi connectivity index (χ1v) is 2.14. The number of hydrogen-bond donors (Lipinski definition) is 0. The molecule has 7 heteroatoms. The molecule has 0 saturated heterocycles. The summed E-state index contributed by atoms with van der Waals surface area (Å²) >= 11 is 0. The van der Waals surface area contributed by atoms with Gasteiger partial charge in [-0.3, -0.25) is 0 Å². The van der Waals surface area contributed by atoms with Gasteiger partial charge < -0.3 is 4.74 Å². The minimum Gasteiger partial charge on any atom is -0.319 e. The molecule has 0 aliphatic heterocycles. The third-order valence-corrected chi connectivity index (χ3v) is 0.790. The summed E-state index contributed by atoms with van der Waals surface area (Å²) in [6, 6.07) is 0. The van der Waals surface area contributed by atoms with Gasteiger partial charge in [0, 0.05) is 7.04 Å². The molecular weight excluding hydrogens is 178 g/mol. The summed E-state index contributed by atoms with van der Waals surface area (Å²) < 4.78 is 91.8. The number of hydrogen-bond acceptors (Lipinski definition) is 1. The van der Waals surface area contributed by atoms with Gasteiger partial charge in [0.2, 0.25) is 0 Å². The average molecular weight is 185 g/mol. The predicted molar refractivity (Wildman–Crippen MR) is 22.9 cm³/mol. The molecule has 0 aliphatic carbocycles. The fraction of sp³-hybridized carbons (Fsp3) is 1.00. The highest BCUT2D eigenvalue weighted by Gasteiger charge is 2.64. The van der Waals surface area contributed by atoms with Gasteiger partial charge in [0.05, 0.1) is 4.11 Å². The van der Waals surface area contributed by atoms with Crippen LogP contribution in [0.4, 0.5) is 26.3 Å². The molecule has 68 valence electrons. The van der Waals surface area contributed by atoms with E-state index in [0.29, 0.717) is 0 Å². The Labute approximate surface area is 62.2 Å². The summed E-state index contributed by atoms with van der Waals surface area (Å²) in [7, 11) is -3.89. The third-order valence-electron chi connectivity index (χ3n) is 0.790. The fourth-order valence-corrected chi connectivity index (χ4v) is 0.195. The molecule has 0 aromatic carbocycles. The van der Waals surface area contributed by atoms with Crippen molar-refractivity contribution in [3.05, 3.63) is 0 Å². The molecule has 0 aromatic rings. The van der Waals surface area contributed by atoms with E-state index in [1.807, 2.05) is 0 Å². The van der Waals surface area contributed by atoms with E-state index >= 15 is 0 Å². The van der Waals surface area contributed by atoms with Crippen LogP contribution >= 0.6 is 0 Å². The number of ether oxygens (including phenoxy) is 1. The molecule has 0 saturated carbocycles. The predicted octanol–water partition coefficient (Wildman–Crippen LogP) is 2.13. The van der Waals surface area contributed by atoms with Crippen LogP contribution < -0.4 is 0 Å². The highest BCUT2D eigenvalue weighted by atomic mass is 19.3. The van der Waals surface area contributed by atoms with Crippen LogP contribution in [0.15, 0.2) is 0 Å². The lowest BCUT2D eigenvalue weighted by molar-refractivity contribution is -0.365. The summed E-state index contributed by atoms with van der Waals surface area (Å²) in [6.07, 6.45) is -10.5. The van der Waals surface area contributed by atoms with Crippen molar-refractivity contribution in [3.63, 3.8) is 0 Å². The van der Waals surface area contributed by atoms with Crippen LogP contribution in [0.5, 0.6) is 0 Å². The molecule has 0 rings (SSSR count). The maximum absolute atomic E-state index is 12.1. The summed E-state index contributed by atoms with van der Waals surface area (Å²) in [5.41, 5.74) is 0. The second kappa shape index (κ2) is 2.88. The summed E-state index contributed by atoms with van der Waals surface area (Å²) in [5, 5.41) is 0. The van der Waals surface area contributed by atoms with E-state index in [2.05, 4.69) is 4.74 Å². The van der Waals surface area contributed by atoms with Gasteiger partial charge in [-0.2, -0.15) is 17.6 Å². The second-order valence-corrected chi connectivity index (χ2v) is 1.54. The number of rotatable bonds is 3. The van der Waals surface area contributed by atoms with E-state index in [-0.39, 0.29) is 0 Å². The first kappa shape index (κ1) is 6.10.